The third-order valence-corrected chi connectivity index (χ3v) is 2.56. The van der Waals surface area contributed by atoms with Crippen molar-refractivity contribution in [3.63, 3.8) is 0 Å². The van der Waals surface area contributed by atoms with Crippen molar-refractivity contribution in [3.05, 3.63) is 29.8 Å². The minimum atomic E-state index is -1.30. The first-order valence-corrected chi connectivity index (χ1v) is 5.81. The second-order valence-electron chi connectivity index (χ2n) is 3.91. The standard InChI is InChI=1S/C13H19NO4/c1-3-18-13(16)12(15)11(14)8-9-4-6-10(17-2)7-5-9/h4-7,11-12,15H,3,8,14H2,1-2H3/t11-,12+/m1/s1. The van der Waals surface area contributed by atoms with Crippen LogP contribution in [0, 0.1) is 0 Å². The molecule has 0 radical (unpaired) electrons. The molecular formula is C13H19NO4. The fourth-order valence-electron chi connectivity index (χ4n) is 1.55. The van der Waals surface area contributed by atoms with Gasteiger partial charge in [-0.1, -0.05) is 12.1 Å². The Morgan fingerprint density at radius 1 is 1.39 bits per heavy atom. The Bertz CT molecular complexity index is 377. The largest absolute Gasteiger partial charge is 0.497 e. The van der Waals surface area contributed by atoms with E-state index in [4.69, 9.17) is 15.2 Å². The SMILES string of the molecule is CCOC(=O)[C@@H](O)[C@H](N)Cc1ccc(OC)cc1. The highest BCUT2D eigenvalue weighted by Gasteiger charge is 2.24. The minimum Gasteiger partial charge on any atom is -0.497 e. The third-order valence-electron chi connectivity index (χ3n) is 2.56. The highest BCUT2D eigenvalue weighted by Crippen LogP contribution is 2.13. The molecule has 0 saturated heterocycles. The van der Waals surface area contributed by atoms with Gasteiger partial charge in [0.15, 0.2) is 6.10 Å². The molecule has 0 fully saturated rings. The molecule has 5 heteroatoms. The highest BCUT2D eigenvalue weighted by molar-refractivity contribution is 5.75. The second-order valence-corrected chi connectivity index (χ2v) is 3.91. The predicted octanol–water partition coefficient (Wildman–Crippen LogP) is 0.489. The summed E-state index contributed by atoms with van der Waals surface area (Å²) in [7, 11) is 1.59. The van der Waals surface area contributed by atoms with Crippen molar-refractivity contribution in [2.75, 3.05) is 13.7 Å². The van der Waals surface area contributed by atoms with Gasteiger partial charge < -0.3 is 20.3 Å². The Morgan fingerprint density at radius 2 is 2.00 bits per heavy atom. The number of hydrogen-bond acceptors (Lipinski definition) is 5. The van der Waals surface area contributed by atoms with E-state index in [1.54, 1.807) is 26.2 Å². The summed E-state index contributed by atoms with van der Waals surface area (Å²) in [5.41, 5.74) is 6.69. The zero-order valence-corrected chi connectivity index (χ0v) is 10.6. The molecule has 1 aromatic rings. The number of methoxy groups -OCH3 is 1. The molecule has 0 unspecified atom stereocenters. The molecule has 2 atom stereocenters. The highest BCUT2D eigenvalue weighted by atomic mass is 16.5. The summed E-state index contributed by atoms with van der Waals surface area (Å²) in [5, 5.41) is 9.66. The van der Waals surface area contributed by atoms with E-state index in [1.165, 1.54) is 0 Å². The predicted molar refractivity (Wildman–Crippen MR) is 67.3 cm³/mol. The van der Waals surface area contributed by atoms with Crippen LogP contribution in [0.25, 0.3) is 0 Å². The summed E-state index contributed by atoms with van der Waals surface area (Å²) in [4.78, 5) is 11.3. The van der Waals surface area contributed by atoms with Gasteiger partial charge in [0, 0.05) is 6.04 Å². The number of hydrogen-bond donors (Lipinski definition) is 2. The average molecular weight is 253 g/mol. The number of esters is 1. The third kappa shape index (κ3) is 4.01. The Morgan fingerprint density at radius 3 is 2.50 bits per heavy atom. The van der Waals surface area contributed by atoms with Gasteiger partial charge in [0.2, 0.25) is 0 Å². The quantitative estimate of drug-likeness (QED) is 0.721. The number of ether oxygens (including phenoxy) is 2. The fourth-order valence-corrected chi connectivity index (χ4v) is 1.55. The first kappa shape index (κ1) is 14.5. The molecule has 3 N–H and O–H groups in total. The lowest BCUT2D eigenvalue weighted by Gasteiger charge is -2.17. The van der Waals surface area contributed by atoms with Crippen molar-refractivity contribution in [3.8, 4) is 5.75 Å². The first-order chi connectivity index (χ1) is 8.58. The van der Waals surface area contributed by atoms with Gasteiger partial charge in [0.25, 0.3) is 0 Å². The molecule has 18 heavy (non-hydrogen) atoms. The van der Waals surface area contributed by atoms with Crippen molar-refractivity contribution >= 4 is 5.97 Å². The van der Waals surface area contributed by atoms with Crippen LogP contribution in [-0.4, -0.2) is 36.9 Å². The van der Waals surface area contributed by atoms with Crippen molar-refractivity contribution in [1.82, 2.24) is 0 Å². The van der Waals surface area contributed by atoms with Gasteiger partial charge in [-0.3, -0.25) is 0 Å². The molecule has 0 heterocycles. The molecule has 0 aliphatic carbocycles. The van der Waals surface area contributed by atoms with E-state index in [0.29, 0.717) is 6.42 Å². The number of benzene rings is 1. The summed E-state index contributed by atoms with van der Waals surface area (Å²) in [6, 6.07) is 6.61. The van der Waals surface area contributed by atoms with E-state index in [-0.39, 0.29) is 6.61 Å². The molecule has 1 rings (SSSR count). The van der Waals surface area contributed by atoms with Crippen molar-refractivity contribution in [2.45, 2.75) is 25.5 Å². The van der Waals surface area contributed by atoms with E-state index in [0.717, 1.165) is 11.3 Å². The second kappa shape index (κ2) is 6.98. The van der Waals surface area contributed by atoms with E-state index >= 15 is 0 Å². The lowest BCUT2D eigenvalue weighted by Crippen LogP contribution is -2.42. The topological polar surface area (TPSA) is 81.8 Å². The molecule has 5 nitrogen and oxygen atoms in total. The van der Waals surface area contributed by atoms with E-state index in [2.05, 4.69) is 0 Å². The minimum absolute atomic E-state index is 0.227. The zero-order chi connectivity index (χ0) is 13.5. The molecule has 0 aliphatic heterocycles. The Kier molecular flexibility index (Phi) is 5.61. The molecule has 0 saturated carbocycles. The van der Waals surface area contributed by atoms with Gasteiger partial charge in [-0.15, -0.1) is 0 Å². The van der Waals surface area contributed by atoms with Crippen LogP contribution < -0.4 is 10.5 Å². The van der Waals surface area contributed by atoms with E-state index < -0.39 is 18.1 Å². The smallest absolute Gasteiger partial charge is 0.336 e. The lowest BCUT2D eigenvalue weighted by atomic mass is 10.0. The van der Waals surface area contributed by atoms with Gasteiger partial charge in [-0.05, 0) is 31.0 Å². The van der Waals surface area contributed by atoms with E-state index in [9.17, 15) is 9.90 Å². The molecule has 0 aliphatic rings. The van der Waals surface area contributed by atoms with Gasteiger partial charge in [-0.2, -0.15) is 0 Å². The molecular weight excluding hydrogens is 234 g/mol. The van der Waals surface area contributed by atoms with Crippen molar-refractivity contribution in [1.29, 1.82) is 0 Å². The van der Waals surface area contributed by atoms with Crippen LogP contribution in [0.4, 0.5) is 0 Å². The van der Waals surface area contributed by atoms with Crippen molar-refractivity contribution < 1.29 is 19.4 Å². The van der Waals surface area contributed by atoms with Crippen LogP contribution >= 0.6 is 0 Å². The maximum Gasteiger partial charge on any atom is 0.336 e. The summed E-state index contributed by atoms with van der Waals surface area (Å²) in [6.07, 6.45) is -0.906. The van der Waals surface area contributed by atoms with Crippen LogP contribution in [0.3, 0.4) is 0 Å². The van der Waals surface area contributed by atoms with Gasteiger partial charge in [-0.25, -0.2) is 4.79 Å². The summed E-state index contributed by atoms with van der Waals surface area (Å²) in [5.74, 6) is 0.0665. The number of carbonyl (C=O) groups is 1. The number of aliphatic hydroxyl groups excluding tert-OH is 1. The number of rotatable bonds is 6. The number of nitrogens with two attached hydrogens (primary N) is 1. The molecule has 0 bridgehead atoms. The molecule has 100 valence electrons. The Hall–Kier alpha value is -1.59. The maximum absolute atomic E-state index is 11.3. The summed E-state index contributed by atoms with van der Waals surface area (Å²) < 4.78 is 9.75. The zero-order valence-electron chi connectivity index (χ0n) is 10.6. The van der Waals surface area contributed by atoms with Crippen LogP contribution in [-0.2, 0) is 16.0 Å². The average Bonchev–Trinajstić information content (AvgIpc) is 2.39. The monoisotopic (exact) mass is 253 g/mol. The van der Waals surface area contributed by atoms with E-state index in [1.807, 2.05) is 12.1 Å². The van der Waals surface area contributed by atoms with Crippen LogP contribution in [0.5, 0.6) is 5.75 Å². The van der Waals surface area contributed by atoms with Gasteiger partial charge >= 0.3 is 5.97 Å². The normalized spacial score (nSPS) is 13.8. The maximum atomic E-state index is 11.3. The Labute approximate surface area is 107 Å². The van der Waals surface area contributed by atoms with Gasteiger partial charge in [0.05, 0.1) is 13.7 Å². The van der Waals surface area contributed by atoms with Crippen LogP contribution in [0.15, 0.2) is 24.3 Å². The number of aliphatic hydroxyl groups is 1. The first-order valence-electron chi connectivity index (χ1n) is 5.81. The van der Waals surface area contributed by atoms with Gasteiger partial charge in [0.1, 0.15) is 5.75 Å². The molecule has 1 aromatic carbocycles. The fraction of sp³-hybridized carbons (Fsp3) is 0.462. The lowest BCUT2D eigenvalue weighted by molar-refractivity contribution is -0.154. The molecule has 0 amide bonds. The molecule has 0 aromatic heterocycles. The summed E-state index contributed by atoms with van der Waals surface area (Å²) in [6.45, 7) is 1.91. The van der Waals surface area contributed by atoms with Crippen molar-refractivity contribution in [2.24, 2.45) is 5.73 Å². The Balaban J connectivity index is 2.57. The number of carbonyl (C=O) groups excluding carboxylic acids is 1. The van der Waals surface area contributed by atoms with Crippen LogP contribution in [0.2, 0.25) is 0 Å². The van der Waals surface area contributed by atoms with Crippen LogP contribution in [0.1, 0.15) is 12.5 Å². The summed E-state index contributed by atoms with van der Waals surface area (Å²) >= 11 is 0. The molecule has 0 spiro atoms.